The van der Waals surface area contributed by atoms with Crippen LogP contribution in [0.1, 0.15) is 38.3 Å². The molecule has 0 spiro atoms. The van der Waals surface area contributed by atoms with Crippen molar-refractivity contribution in [2.45, 2.75) is 39.0 Å². The Morgan fingerprint density at radius 2 is 2.00 bits per heavy atom. The van der Waals surface area contributed by atoms with Gasteiger partial charge in [0.15, 0.2) is 6.23 Å². The zero-order chi connectivity index (χ0) is 13.1. The molecule has 2 rings (SSSR count). The SMILES string of the molecule is CCCC1=CC(=O)N([C@H](C)c2ccccc2)C1O. The van der Waals surface area contributed by atoms with E-state index in [0.717, 1.165) is 24.0 Å². The average Bonchev–Trinajstić information content (AvgIpc) is 2.65. The molecule has 0 bridgehead atoms. The van der Waals surface area contributed by atoms with E-state index in [4.69, 9.17) is 0 Å². The number of benzene rings is 1. The van der Waals surface area contributed by atoms with Gasteiger partial charge >= 0.3 is 0 Å². The minimum Gasteiger partial charge on any atom is -0.369 e. The Morgan fingerprint density at radius 1 is 1.33 bits per heavy atom. The van der Waals surface area contributed by atoms with Crippen LogP contribution in [-0.2, 0) is 4.79 Å². The summed E-state index contributed by atoms with van der Waals surface area (Å²) < 4.78 is 0. The fourth-order valence-corrected chi connectivity index (χ4v) is 2.39. The van der Waals surface area contributed by atoms with E-state index < -0.39 is 6.23 Å². The summed E-state index contributed by atoms with van der Waals surface area (Å²) in [5.41, 5.74) is 1.86. The van der Waals surface area contributed by atoms with Crippen LogP contribution < -0.4 is 0 Å². The summed E-state index contributed by atoms with van der Waals surface area (Å²) in [4.78, 5) is 13.5. The summed E-state index contributed by atoms with van der Waals surface area (Å²) in [5.74, 6) is -0.0951. The van der Waals surface area contributed by atoms with Crippen LogP contribution in [0.2, 0.25) is 0 Å². The van der Waals surface area contributed by atoms with Gasteiger partial charge in [-0.05, 0) is 24.5 Å². The molecule has 0 aromatic heterocycles. The van der Waals surface area contributed by atoms with Gasteiger partial charge in [-0.15, -0.1) is 0 Å². The Kier molecular flexibility index (Phi) is 3.82. The summed E-state index contributed by atoms with van der Waals surface area (Å²) >= 11 is 0. The highest BCUT2D eigenvalue weighted by molar-refractivity contribution is 5.92. The lowest BCUT2D eigenvalue weighted by Gasteiger charge is -2.29. The Bertz CT molecular complexity index is 453. The standard InChI is InChI=1S/C15H19NO2/c1-3-7-13-10-14(17)16(15(13)18)11(2)12-8-5-4-6-9-12/h4-6,8-11,15,18H,3,7H2,1-2H3/t11-,15?/m1/s1. The van der Waals surface area contributed by atoms with Crippen molar-refractivity contribution < 1.29 is 9.90 Å². The molecule has 0 saturated heterocycles. The first-order chi connectivity index (χ1) is 8.65. The largest absolute Gasteiger partial charge is 0.369 e. The summed E-state index contributed by atoms with van der Waals surface area (Å²) in [6.45, 7) is 3.99. The Morgan fingerprint density at radius 3 is 2.61 bits per heavy atom. The summed E-state index contributed by atoms with van der Waals surface area (Å²) in [6, 6.07) is 9.67. The highest BCUT2D eigenvalue weighted by atomic mass is 16.3. The molecule has 1 aromatic carbocycles. The molecule has 1 heterocycles. The van der Waals surface area contributed by atoms with Crippen molar-refractivity contribution in [3.63, 3.8) is 0 Å². The number of nitrogens with zero attached hydrogens (tertiary/aromatic N) is 1. The zero-order valence-corrected chi connectivity index (χ0v) is 10.8. The minimum atomic E-state index is -0.771. The fraction of sp³-hybridized carbons (Fsp3) is 0.400. The van der Waals surface area contributed by atoms with Gasteiger partial charge < -0.3 is 10.0 Å². The number of carbonyl (C=O) groups is 1. The predicted octanol–water partition coefficient (Wildman–Crippen LogP) is 2.63. The van der Waals surface area contributed by atoms with Gasteiger partial charge in [-0.3, -0.25) is 4.79 Å². The highest BCUT2D eigenvalue weighted by Gasteiger charge is 2.34. The molecule has 2 atom stereocenters. The number of hydrogen-bond donors (Lipinski definition) is 1. The zero-order valence-electron chi connectivity index (χ0n) is 10.8. The number of aliphatic hydroxyl groups is 1. The highest BCUT2D eigenvalue weighted by Crippen LogP contribution is 2.30. The van der Waals surface area contributed by atoms with E-state index in [1.54, 1.807) is 11.0 Å². The lowest BCUT2D eigenvalue weighted by atomic mass is 10.1. The van der Waals surface area contributed by atoms with Crippen LogP contribution in [0.15, 0.2) is 42.0 Å². The van der Waals surface area contributed by atoms with E-state index in [2.05, 4.69) is 0 Å². The van der Waals surface area contributed by atoms with Gasteiger partial charge in [0.25, 0.3) is 0 Å². The second-order valence-corrected chi connectivity index (χ2v) is 4.68. The second kappa shape index (κ2) is 5.36. The van der Waals surface area contributed by atoms with Crippen molar-refractivity contribution >= 4 is 5.91 Å². The molecule has 0 fully saturated rings. The van der Waals surface area contributed by atoms with Crippen molar-refractivity contribution in [3.8, 4) is 0 Å². The molecule has 96 valence electrons. The van der Waals surface area contributed by atoms with Crippen LogP contribution in [0, 0.1) is 0 Å². The Hall–Kier alpha value is -1.61. The van der Waals surface area contributed by atoms with Gasteiger partial charge in [-0.2, -0.15) is 0 Å². The van der Waals surface area contributed by atoms with Crippen molar-refractivity contribution in [2.24, 2.45) is 0 Å². The molecule has 0 radical (unpaired) electrons. The Balaban J connectivity index is 2.18. The first-order valence-electron chi connectivity index (χ1n) is 6.41. The molecule has 0 saturated carbocycles. The van der Waals surface area contributed by atoms with E-state index in [1.165, 1.54) is 0 Å². The normalized spacial score (nSPS) is 21.1. The van der Waals surface area contributed by atoms with Crippen LogP contribution in [0.25, 0.3) is 0 Å². The van der Waals surface area contributed by atoms with Crippen molar-refractivity contribution in [2.75, 3.05) is 0 Å². The molecule has 3 heteroatoms. The fourth-order valence-electron chi connectivity index (χ4n) is 2.39. The summed E-state index contributed by atoms with van der Waals surface area (Å²) in [6.07, 6.45) is 2.51. The van der Waals surface area contributed by atoms with Crippen molar-refractivity contribution in [1.82, 2.24) is 4.90 Å². The van der Waals surface area contributed by atoms with Gasteiger partial charge in [-0.1, -0.05) is 43.7 Å². The molecular formula is C15H19NO2. The number of rotatable bonds is 4. The maximum atomic E-state index is 12.0. The third kappa shape index (κ3) is 2.31. The topological polar surface area (TPSA) is 40.5 Å². The molecule has 1 aliphatic heterocycles. The second-order valence-electron chi connectivity index (χ2n) is 4.68. The molecular weight excluding hydrogens is 226 g/mol. The first-order valence-corrected chi connectivity index (χ1v) is 6.41. The maximum Gasteiger partial charge on any atom is 0.249 e. The summed E-state index contributed by atoms with van der Waals surface area (Å²) in [7, 11) is 0. The third-order valence-electron chi connectivity index (χ3n) is 3.40. The quantitative estimate of drug-likeness (QED) is 0.886. The number of amides is 1. The van der Waals surface area contributed by atoms with Gasteiger partial charge in [0, 0.05) is 6.08 Å². The molecule has 3 nitrogen and oxygen atoms in total. The van der Waals surface area contributed by atoms with Crippen LogP contribution in [0.5, 0.6) is 0 Å². The smallest absolute Gasteiger partial charge is 0.249 e. The summed E-state index contributed by atoms with van der Waals surface area (Å²) in [5, 5.41) is 10.2. The molecule has 1 aromatic rings. The molecule has 1 aliphatic rings. The average molecular weight is 245 g/mol. The molecule has 0 aliphatic carbocycles. The first kappa shape index (κ1) is 12.8. The molecule has 1 unspecified atom stereocenters. The van der Waals surface area contributed by atoms with Crippen LogP contribution in [-0.4, -0.2) is 22.1 Å². The lowest BCUT2D eigenvalue weighted by Crippen LogP contribution is -2.37. The minimum absolute atomic E-state index is 0.0951. The van der Waals surface area contributed by atoms with Crippen LogP contribution >= 0.6 is 0 Å². The van der Waals surface area contributed by atoms with Crippen molar-refractivity contribution in [1.29, 1.82) is 0 Å². The number of hydrogen-bond acceptors (Lipinski definition) is 2. The van der Waals surface area contributed by atoms with Crippen molar-refractivity contribution in [3.05, 3.63) is 47.5 Å². The van der Waals surface area contributed by atoms with Gasteiger partial charge in [0.2, 0.25) is 5.91 Å². The predicted molar refractivity (Wildman–Crippen MR) is 70.7 cm³/mol. The van der Waals surface area contributed by atoms with E-state index >= 15 is 0 Å². The van der Waals surface area contributed by atoms with Crippen LogP contribution in [0.3, 0.4) is 0 Å². The van der Waals surface area contributed by atoms with Gasteiger partial charge in [0.05, 0.1) is 6.04 Å². The monoisotopic (exact) mass is 245 g/mol. The van der Waals surface area contributed by atoms with E-state index in [1.807, 2.05) is 44.2 Å². The molecule has 18 heavy (non-hydrogen) atoms. The molecule has 1 amide bonds. The maximum absolute atomic E-state index is 12.0. The van der Waals surface area contributed by atoms with Gasteiger partial charge in [-0.25, -0.2) is 0 Å². The van der Waals surface area contributed by atoms with E-state index in [0.29, 0.717) is 0 Å². The third-order valence-corrected chi connectivity index (χ3v) is 3.40. The van der Waals surface area contributed by atoms with Crippen LogP contribution in [0.4, 0.5) is 0 Å². The Labute approximate surface area is 108 Å². The molecule has 1 N–H and O–H groups in total. The lowest BCUT2D eigenvalue weighted by molar-refractivity contribution is -0.134. The van der Waals surface area contributed by atoms with E-state index in [-0.39, 0.29) is 11.9 Å². The number of aliphatic hydroxyl groups excluding tert-OH is 1. The number of carbonyl (C=O) groups excluding carboxylic acids is 1. The van der Waals surface area contributed by atoms with E-state index in [9.17, 15) is 9.90 Å². The van der Waals surface area contributed by atoms with Gasteiger partial charge in [0.1, 0.15) is 0 Å².